The Kier molecular flexibility index (Phi) is 6.43. The third kappa shape index (κ3) is 5.45. The maximum absolute atomic E-state index is 12.8. The molecule has 0 saturated carbocycles. The Labute approximate surface area is 187 Å². The lowest BCUT2D eigenvalue weighted by Gasteiger charge is -2.19. The van der Waals surface area contributed by atoms with Crippen molar-refractivity contribution in [2.45, 2.75) is 37.5 Å². The second-order valence-electron chi connectivity index (χ2n) is 8.29. The van der Waals surface area contributed by atoms with Gasteiger partial charge in [-0.05, 0) is 41.3 Å². The van der Waals surface area contributed by atoms with Gasteiger partial charge in [-0.1, -0.05) is 49.7 Å². The van der Waals surface area contributed by atoms with Crippen LogP contribution in [0.2, 0.25) is 5.02 Å². The van der Waals surface area contributed by atoms with Gasteiger partial charge in [0.2, 0.25) is 0 Å². The van der Waals surface area contributed by atoms with Gasteiger partial charge >= 0.3 is 0 Å². The molecule has 164 valence electrons. The Morgan fingerprint density at radius 2 is 1.84 bits per heavy atom. The summed E-state index contributed by atoms with van der Waals surface area (Å²) < 4.78 is 29.9. The molecule has 3 aromatic rings. The average Bonchev–Trinajstić information content (AvgIpc) is 3.13. The first kappa shape index (κ1) is 22.8. The van der Waals surface area contributed by atoms with Crippen LogP contribution in [-0.2, 0) is 28.9 Å². The molecule has 0 aliphatic carbocycles. The zero-order chi connectivity index (χ0) is 22.8. The van der Waals surface area contributed by atoms with Gasteiger partial charge in [0.25, 0.3) is 10.0 Å². The smallest absolute Gasteiger partial charge is 0.263 e. The van der Waals surface area contributed by atoms with Crippen LogP contribution in [-0.4, -0.2) is 28.9 Å². The topological polar surface area (TPSA) is 96.6 Å². The third-order valence-corrected chi connectivity index (χ3v) is 6.52. The molecule has 9 heteroatoms. The monoisotopic (exact) mass is 460 g/mol. The molecule has 0 aliphatic heterocycles. The number of oxime groups is 1. The van der Waals surface area contributed by atoms with Gasteiger partial charge in [-0.25, -0.2) is 13.4 Å². The summed E-state index contributed by atoms with van der Waals surface area (Å²) in [5, 5.41) is 13.1. The van der Waals surface area contributed by atoms with Crippen LogP contribution in [0.5, 0.6) is 0 Å². The number of halogens is 1. The molecule has 2 N–H and O–H groups in total. The fourth-order valence-corrected chi connectivity index (χ4v) is 4.20. The molecule has 3 rings (SSSR count). The SMILES string of the molecule is Cn1ccc(/C(Cc2nc(NS(=O)(=O)c3ccc(C(C)(C)C)cc3)ccc2Cl)=N\O)c1. The predicted molar refractivity (Wildman–Crippen MR) is 123 cm³/mol. The van der Waals surface area contributed by atoms with Crippen LogP contribution in [0.3, 0.4) is 0 Å². The number of hydrogen-bond acceptors (Lipinski definition) is 5. The Morgan fingerprint density at radius 1 is 1.16 bits per heavy atom. The summed E-state index contributed by atoms with van der Waals surface area (Å²) in [5.74, 6) is 0.129. The van der Waals surface area contributed by atoms with E-state index >= 15 is 0 Å². The number of hydrogen-bond donors (Lipinski definition) is 2. The first-order valence-corrected chi connectivity index (χ1v) is 11.5. The maximum atomic E-state index is 12.8. The van der Waals surface area contributed by atoms with Crippen molar-refractivity contribution < 1.29 is 13.6 Å². The minimum Gasteiger partial charge on any atom is -0.411 e. The number of nitrogens with one attached hydrogen (secondary N) is 1. The summed E-state index contributed by atoms with van der Waals surface area (Å²) in [7, 11) is -1.97. The Morgan fingerprint density at radius 3 is 2.39 bits per heavy atom. The first-order chi connectivity index (χ1) is 14.5. The number of rotatable bonds is 6. The van der Waals surface area contributed by atoms with E-state index in [1.54, 1.807) is 42.6 Å². The number of benzene rings is 1. The van der Waals surface area contributed by atoms with Crippen LogP contribution < -0.4 is 4.72 Å². The maximum Gasteiger partial charge on any atom is 0.263 e. The molecule has 7 nitrogen and oxygen atoms in total. The molecule has 0 atom stereocenters. The third-order valence-electron chi connectivity index (χ3n) is 4.81. The molecule has 0 radical (unpaired) electrons. The fraction of sp³-hybridized carbons (Fsp3) is 0.273. The van der Waals surface area contributed by atoms with Crippen molar-refractivity contribution in [2.24, 2.45) is 12.2 Å². The van der Waals surface area contributed by atoms with Gasteiger partial charge in [-0.15, -0.1) is 0 Å². The fourth-order valence-electron chi connectivity index (χ4n) is 3.02. The summed E-state index contributed by atoms with van der Waals surface area (Å²) in [6.45, 7) is 6.19. The molecule has 0 bridgehead atoms. The second-order valence-corrected chi connectivity index (χ2v) is 10.4. The summed E-state index contributed by atoms with van der Waals surface area (Å²) in [5.41, 5.74) is 2.44. The molecular weight excluding hydrogens is 436 g/mol. The molecule has 2 aromatic heterocycles. The normalized spacial score (nSPS) is 12.7. The predicted octanol–water partition coefficient (Wildman–Crippen LogP) is 4.59. The molecule has 0 spiro atoms. The lowest BCUT2D eigenvalue weighted by Crippen LogP contribution is -2.16. The molecule has 2 heterocycles. The van der Waals surface area contributed by atoms with E-state index in [-0.39, 0.29) is 22.5 Å². The van der Waals surface area contributed by atoms with Crippen molar-refractivity contribution in [3.63, 3.8) is 0 Å². The molecule has 0 unspecified atom stereocenters. The largest absolute Gasteiger partial charge is 0.411 e. The summed E-state index contributed by atoms with van der Waals surface area (Å²) in [6.07, 6.45) is 3.76. The highest BCUT2D eigenvalue weighted by atomic mass is 35.5. The van der Waals surface area contributed by atoms with Crippen LogP contribution in [0.25, 0.3) is 0 Å². The minimum atomic E-state index is -3.83. The average molecular weight is 461 g/mol. The van der Waals surface area contributed by atoms with Gasteiger partial charge in [-0.2, -0.15) is 0 Å². The number of nitrogens with zero attached hydrogens (tertiary/aromatic N) is 3. The van der Waals surface area contributed by atoms with Gasteiger partial charge in [0.05, 0.1) is 21.3 Å². The molecule has 0 fully saturated rings. The van der Waals surface area contributed by atoms with Gasteiger partial charge in [0.15, 0.2) is 0 Å². The van der Waals surface area contributed by atoms with E-state index in [0.29, 0.717) is 22.0 Å². The summed E-state index contributed by atoms with van der Waals surface area (Å²) >= 11 is 6.26. The van der Waals surface area contributed by atoms with Crippen molar-refractivity contribution in [3.8, 4) is 0 Å². The van der Waals surface area contributed by atoms with Crippen LogP contribution in [0.4, 0.5) is 5.82 Å². The van der Waals surface area contributed by atoms with Crippen molar-refractivity contribution in [3.05, 3.63) is 76.7 Å². The number of aryl methyl sites for hydroxylation is 1. The minimum absolute atomic E-state index is 0.0763. The Bertz CT molecular complexity index is 1210. The molecule has 0 amide bonds. The Hall–Kier alpha value is -2.84. The summed E-state index contributed by atoms with van der Waals surface area (Å²) in [4.78, 5) is 4.48. The van der Waals surface area contributed by atoms with E-state index < -0.39 is 10.0 Å². The van der Waals surface area contributed by atoms with Crippen LogP contribution in [0, 0.1) is 0 Å². The molecule has 31 heavy (non-hydrogen) atoms. The zero-order valence-corrected chi connectivity index (χ0v) is 19.4. The molecule has 1 aromatic carbocycles. The number of pyridine rings is 1. The zero-order valence-electron chi connectivity index (χ0n) is 17.8. The van der Waals surface area contributed by atoms with E-state index in [0.717, 1.165) is 5.56 Å². The van der Waals surface area contributed by atoms with Crippen LogP contribution >= 0.6 is 11.6 Å². The number of sulfonamides is 1. The highest BCUT2D eigenvalue weighted by Gasteiger charge is 2.19. The lowest BCUT2D eigenvalue weighted by atomic mass is 9.87. The van der Waals surface area contributed by atoms with Gasteiger partial charge in [-0.3, -0.25) is 4.72 Å². The first-order valence-electron chi connectivity index (χ1n) is 9.61. The van der Waals surface area contributed by atoms with E-state index in [2.05, 4.69) is 35.6 Å². The van der Waals surface area contributed by atoms with Crippen LogP contribution in [0.15, 0.2) is 64.9 Å². The summed E-state index contributed by atoms with van der Waals surface area (Å²) in [6, 6.07) is 11.6. The van der Waals surface area contributed by atoms with E-state index in [1.165, 1.54) is 6.07 Å². The van der Waals surface area contributed by atoms with E-state index in [1.807, 2.05) is 17.8 Å². The van der Waals surface area contributed by atoms with Crippen molar-refractivity contribution in [1.82, 2.24) is 9.55 Å². The highest BCUT2D eigenvalue weighted by Crippen LogP contribution is 2.25. The van der Waals surface area contributed by atoms with Crippen molar-refractivity contribution >= 4 is 33.2 Å². The molecule has 0 aliphatic rings. The van der Waals surface area contributed by atoms with Gasteiger partial charge in [0.1, 0.15) is 5.82 Å². The molecule has 0 saturated heterocycles. The van der Waals surface area contributed by atoms with E-state index in [4.69, 9.17) is 11.6 Å². The lowest BCUT2D eigenvalue weighted by molar-refractivity contribution is 0.318. The second kappa shape index (κ2) is 8.72. The highest BCUT2D eigenvalue weighted by molar-refractivity contribution is 7.92. The number of aromatic nitrogens is 2. The van der Waals surface area contributed by atoms with Gasteiger partial charge in [0, 0.05) is 31.4 Å². The van der Waals surface area contributed by atoms with Crippen molar-refractivity contribution in [1.29, 1.82) is 0 Å². The van der Waals surface area contributed by atoms with Crippen molar-refractivity contribution in [2.75, 3.05) is 4.72 Å². The van der Waals surface area contributed by atoms with Gasteiger partial charge < -0.3 is 9.77 Å². The Balaban J connectivity index is 1.84. The standard InChI is InChI=1S/C22H25ClN4O3S/c1-22(2,3)16-5-7-17(8-6-16)31(29,30)26-21-10-9-18(23)20(24-21)13-19(25-28)15-11-12-27(4)14-15/h5-12,14,28H,13H2,1-4H3,(H,24,26)/b25-19-. The van der Waals surface area contributed by atoms with Crippen LogP contribution in [0.1, 0.15) is 37.6 Å². The number of anilines is 1. The van der Waals surface area contributed by atoms with E-state index in [9.17, 15) is 13.6 Å². The molecular formula is C22H25ClN4O3S. The quantitative estimate of drug-likeness (QED) is 0.319.